The van der Waals surface area contributed by atoms with Crippen molar-refractivity contribution in [2.24, 2.45) is 31.4 Å². The number of nitrogens with one attached hydrogen (secondary N) is 4. The van der Waals surface area contributed by atoms with E-state index in [0.29, 0.717) is 78.1 Å². The van der Waals surface area contributed by atoms with Gasteiger partial charge in [-0.25, -0.2) is 20.0 Å². The number of amides is 2. The van der Waals surface area contributed by atoms with E-state index in [4.69, 9.17) is 30.4 Å². The van der Waals surface area contributed by atoms with Crippen molar-refractivity contribution in [3.8, 4) is 35.1 Å². The standard InChI is InChI=1S/C41H40N12O6S2/c1-56-28-9-11-30(32(16-28)58-3)36-48-38(44)52-40(50-36)60-20-34(54)46-26-7-5-22(24(14-26)18-42)13-23-6-8-27(15-25(23)19-43)47-35(55)21-61-41-51-37(49-39(45)53-41)31-12-10-29(57-2)17-33(31)59-4/h5-12,14-17,36-37H,13,20-21H2,1-4H3,(H,46,54)(H,47,55)(H3,44,48,50,52)(H3,45,49,51,53). The molecule has 0 spiro atoms. The van der Waals surface area contributed by atoms with E-state index < -0.39 is 12.3 Å². The molecule has 0 saturated carbocycles. The fraction of sp³-hybridized carbons (Fsp3) is 0.220. The second-order valence-electron chi connectivity index (χ2n) is 12.9. The van der Waals surface area contributed by atoms with Crippen LogP contribution in [-0.2, 0) is 16.0 Å². The van der Waals surface area contributed by atoms with Gasteiger partial charge in [0.1, 0.15) is 23.0 Å². The first-order valence-electron chi connectivity index (χ1n) is 18.2. The van der Waals surface area contributed by atoms with Crippen LogP contribution in [0.1, 0.15) is 45.7 Å². The van der Waals surface area contributed by atoms with Gasteiger partial charge in [0.25, 0.3) is 0 Å². The third kappa shape index (κ3) is 11.0. The molecule has 4 aromatic rings. The minimum atomic E-state index is -0.692. The number of carbonyl (C=O) groups is 2. The van der Waals surface area contributed by atoms with Crippen LogP contribution in [0.5, 0.6) is 23.0 Å². The third-order valence-electron chi connectivity index (χ3n) is 9.00. The van der Waals surface area contributed by atoms with E-state index in [-0.39, 0.29) is 41.7 Å². The first kappa shape index (κ1) is 43.2. The fourth-order valence-corrected chi connectivity index (χ4v) is 7.45. The minimum Gasteiger partial charge on any atom is -0.497 e. The van der Waals surface area contributed by atoms with Crippen molar-refractivity contribution in [2.45, 2.75) is 18.8 Å². The number of thioether (sulfide) groups is 2. The Morgan fingerprint density at radius 1 is 0.639 bits per heavy atom. The van der Waals surface area contributed by atoms with Crippen LogP contribution in [0.15, 0.2) is 92.8 Å². The number of hydrogen-bond donors (Lipinski definition) is 6. The van der Waals surface area contributed by atoms with E-state index in [2.05, 4.69) is 53.4 Å². The van der Waals surface area contributed by atoms with Crippen LogP contribution in [0.4, 0.5) is 11.4 Å². The molecule has 0 saturated heterocycles. The molecule has 8 N–H and O–H groups in total. The van der Waals surface area contributed by atoms with Gasteiger partial charge in [-0.3, -0.25) is 9.59 Å². The first-order chi connectivity index (χ1) is 29.5. The smallest absolute Gasteiger partial charge is 0.234 e. The number of anilines is 2. The van der Waals surface area contributed by atoms with Gasteiger partial charge < -0.3 is 51.7 Å². The predicted octanol–water partition coefficient (Wildman–Crippen LogP) is 4.34. The highest BCUT2D eigenvalue weighted by atomic mass is 32.2. The zero-order valence-corrected chi connectivity index (χ0v) is 34.9. The SMILES string of the molecule is COc1ccc(C2N=C(N)NC(SCC(=O)Nc3ccc(Cc4ccc(NC(=O)CSC5=NC(c6ccc(OC)cc6OC)N=C(N)N5)cc4C#N)c(C#N)c3)=N2)c(OC)c1. The summed E-state index contributed by atoms with van der Waals surface area (Å²) in [4.78, 5) is 43.9. The molecule has 18 nitrogen and oxygen atoms in total. The highest BCUT2D eigenvalue weighted by Gasteiger charge is 2.24. The summed E-state index contributed by atoms with van der Waals surface area (Å²) in [6, 6.07) is 24.9. The van der Waals surface area contributed by atoms with Gasteiger partial charge >= 0.3 is 0 Å². The van der Waals surface area contributed by atoms with Gasteiger partial charge in [0, 0.05) is 41.1 Å². The van der Waals surface area contributed by atoms with E-state index in [1.165, 1.54) is 14.2 Å². The van der Waals surface area contributed by atoms with Crippen LogP contribution in [0.2, 0.25) is 0 Å². The summed E-state index contributed by atoms with van der Waals surface area (Å²) >= 11 is 2.27. The Morgan fingerprint density at radius 2 is 1.07 bits per heavy atom. The number of rotatable bonds is 14. The molecule has 0 aromatic heterocycles. The molecular formula is C41H40N12O6S2. The number of hydrogen-bond acceptors (Lipinski definition) is 18. The molecule has 2 unspecified atom stereocenters. The molecule has 2 heterocycles. The average Bonchev–Trinajstić information content (AvgIpc) is 3.27. The van der Waals surface area contributed by atoms with Crippen LogP contribution in [0.25, 0.3) is 0 Å². The fourth-order valence-electron chi connectivity index (χ4n) is 6.07. The lowest BCUT2D eigenvalue weighted by Crippen LogP contribution is -2.39. The lowest BCUT2D eigenvalue weighted by atomic mass is 9.96. The van der Waals surface area contributed by atoms with Crippen molar-refractivity contribution in [3.05, 3.63) is 106 Å². The average molecular weight is 861 g/mol. The first-order valence-corrected chi connectivity index (χ1v) is 20.2. The normalized spacial score (nSPS) is 15.4. The number of benzene rings is 4. The maximum Gasteiger partial charge on any atom is 0.234 e. The zero-order chi connectivity index (χ0) is 43.5. The summed E-state index contributed by atoms with van der Waals surface area (Å²) in [6.07, 6.45) is -1.13. The summed E-state index contributed by atoms with van der Waals surface area (Å²) in [6.45, 7) is 0. The molecule has 4 aromatic carbocycles. The van der Waals surface area contributed by atoms with Gasteiger partial charge in [-0.15, -0.1) is 0 Å². The van der Waals surface area contributed by atoms with Crippen LogP contribution in [0, 0.1) is 22.7 Å². The molecule has 0 aliphatic carbocycles. The number of guanidine groups is 2. The summed E-state index contributed by atoms with van der Waals surface area (Å²) in [7, 11) is 6.18. The Hall–Kier alpha value is -7.42. The largest absolute Gasteiger partial charge is 0.497 e. The molecule has 6 rings (SSSR count). The van der Waals surface area contributed by atoms with E-state index in [9.17, 15) is 20.1 Å². The maximum atomic E-state index is 13.0. The molecule has 61 heavy (non-hydrogen) atoms. The van der Waals surface area contributed by atoms with Crippen molar-refractivity contribution >= 4 is 69.0 Å². The Kier molecular flexibility index (Phi) is 14.2. The summed E-state index contributed by atoms with van der Waals surface area (Å²) in [5, 5.41) is 32.2. The van der Waals surface area contributed by atoms with Crippen molar-refractivity contribution in [1.29, 1.82) is 10.5 Å². The lowest BCUT2D eigenvalue weighted by molar-refractivity contribution is -0.114. The molecule has 20 heteroatoms. The Balaban J connectivity index is 1.03. The van der Waals surface area contributed by atoms with Crippen molar-refractivity contribution in [3.63, 3.8) is 0 Å². The van der Waals surface area contributed by atoms with E-state index >= 15 is 0 Å². The lowest BCUT2D eigenvalue weighted by Gasteiger charge is -2.20. The number of nitriles is 2. The highest BCUT2D eigenvalue weighted by molar-refractivity contribution is 8.14. The molecule has 2 aliphatic rings. The molecule has 0 radical (unpaired) electrons. The number of nitrogens with zero attached hydrogens (tertiary/aromatic N) is 6. The van der Waals surface area contributed by atoms with Gasteiger partial charge in [0.05, 0.1) is 63.2 Å². The van der Waals surface area contributed by atoms with Gasteiger partial charge in [-0.2, -0.15) is 10.5 Å². The number of amidine groups is 2. The molecule has 0 fully saturated rings. The number of ether oxygens (including phenoxy) is 4. The minimum absolute atomic E-state index is 0.0158. The van der Waals surface area contributed by atoms with Crippen LogP contribution < -0.4 is 51.7 Å². The quantitative estimate of drug-likeness (QED) is 0.103. The summed E-state index contributed by atoms with van der Waals surface area (Å²) in [5.41, 5.74) is 16.2. The number of aliphatic imine (C=N–C) groups is 4. The van der Waals surface area contributed by atoms with Gasteiger partial charge in [0.2, 0.25) is 11.8 Å². The van der Waals surface area contributed by atoms with Crippen molar-refractivity contribution in [2.75, 3.05) is 50.6 Å². The third-order valence-corrected chi connectivity index (χ3v) is 10.8. The second kappa shape index (κ2) is 20.0. The summed E-state index contributed by atoms with van der Waals surface area (Å²) < 4.78 is 21.5. The molecule has 2 amide bonds. The van der Waals surface area contributed by atoms with Crippen LogP contribution >= 0.6 is 23.5 Å². The van der Waals surface area contributed by atoms with Gasteiger partial charge in [-0.1, -0.05) is 35.7 Å². The molecule has 2 atom stereocenters. The van der Waals surface area contributed by atoms with Crippen LogP contribution in [0.3, 0.4) is 0 Å². The van der Waals surface area contributed by atoms with Gasteiger partial charge in [-0.05, 0) is 59.7 Å². The Bertz CT molecular complexity index is 2380. The highest BCUT2D eigenvalue weighted by Crippen LogP contribution is 2.35. The van der Waals surface area contributed by atoms with E-state index in [0.717, 1.165) is 23.5 Å². The summed E-state index contributed by atoms with van der Waals surface area (Å²) in [5.74, 6) is 1.83. The second-order valence-corrected chi connectivity index (χ2v) is 14.9. The predicted molar refractivity (Wildman–Crippen MR) is 236 cm³/mol. The number of carbonyl (C=O) groups excluding carboxylic acids is 2. The van der Waals surface area contributed by atoms with E-state index in [1.807, 2.05) is 0 Å². The topological polar surface area (TPSA) is 268 Å². The van der Waals surface area contributed by atoms with Crippen molar-refractivity contribution < 1.29 is 28.5 Å². The Labute approximate surface area is 359 Å². The number of nitrogens with two attached hydrogens (primary N) is 2. The number of methoxy groups -OCH3 is 4. The Morgan fingerprint density at radius 3 is 1.44 bits per heavy atom. The van der Waals surface area contributed by atoms with E-state index in [1.54, 1.807) is 87.0 Å². The molecule has 0 bridgehead atoms. The van der Waals surface area contributed by atoms with Crippen molar-refractivity contribution in [1.82, 2.24) is 10.6 Å². The monoisotopic (exact) mass is 860 g/mol. The maximum absolute atomic E-state index is 13.0. The molecule has 312 valence electrons. The molecular weight excluding hydrogens is 821 g/mol. The van der Waals surface area contributed by atoms with Gasteiger partial charge in [0.15, 0.2) is 34.6 Å². The van der Waals surface area contributed by atoms with Crippen LogP contribution in [-0.4, -0.2) is 74.0 Å². The molecule has 2 aliphatic heterocycles. The zero-order valence-electron chi connectivity index (χ0n) is 33.3.